The van der Waals surface area contributed by atoms with Crippen LogP contribution in [0.1, 0.15) is 13.3 Å². The van der Waals surface area contributed by atoms with Crippen molar-refractivity contribution in [2.24, 2.45) is 17.7 Å². The number of anilines is 2. The second kappa shape index (κ2) is 4.12. The normalized spacial score (nSPS) is 22.7. The van der Waals surface area contributed by atoms with Crippen LogP contribution in [0.4, 0.5) is 11.8 Å². The number of nitrogens with two attached hydrogens (primary N) is 1. The number of fused-ring (bicyclic) bond motifs is 1. The lowest BCUT2D eigenvalue weighted by Crippen LogP contribution is -2.13. The predicted molar refractivity (Wildman–Crippen MR) is 71.0 cm³/mol. The van der Waals surface area contributed by atoms with Crippen molar-refractivity contribution in [3.8, 4) is 0 Å². The summed E-state index contributed by atoms with van der Waals surface area (Å²) in [7, 11) is 0. The number of nitrogens with zero attached hydrogens (tertiary/aromatic N) is 2. The van der Waals surface area contributed by atoms with Gasteiger partial charge in [-0.1, -0.05) is 6.92 Å². The molecular formula is C11H15N5S. The predicted octanol–water partition coefficient (Wildman–Crippen LogP) is 2.04. The van der Waals surface area contributed by atoms with E-state index in [1.807, 2.05) is 11.4 Å². The van der Waals surface area contributed by atoms with E-state index in [1.54, 1.807) is 11.3 Å². The fourth-order valence-electron chi connectivity index (χ4n) is 1.97. The Labute approximate surface area is 103 Å². The quantitative estimate of drug-likeness (QED) is 0.571. The first-order chi connectivity index (χ1) is 8.28. The molecule has 0 saturated heterocycles. The van der Waals surface area contributed by atoms with Gasteiger partial charge in [-0.2, -0.15) is 4.98 Å². The Morgan fingerprint density at radius 1 is 1.53 bits per heavy atom. The van der Waals surface area contributed by atoms with Gasteiger partial charge in [-0.25, -0.2) is 10.8 Å². The molecule has 0 radical (unpaired) electrons. The van der Waals surface area contributed by atoms with E-state index in [1.165, 1.54) is 6.42 Å². The Bertz CT molecular complexity index is 538. The van der Waals surface area contributed by atoms with Gasteiger partial charge in [0.2, 0.25) is 5.95 Å². The summed E-state index contributed by atoms with van der Waals surface area (Å²) in [5.41, 5.74) is 2.51. The van der Waals surface area contributed by atoms with Crippen LogP contribution in [0, 0.1) is 11.8 Å². The highest BCUT2D eigenvalue weighted by molar-refractivity contribution is 7.16. The Morgan fingerprint density at radius 2 is 2.35 bits per heavy atom. The average Bonchev–Trinajstić information content (AvgIpc) is 2.86. The smallest absolute Gasteiger partial charge is 0.240 e. The number of rotatable bonds is 4. The van der Waals surface area contributed by atoms with E-state index in [4.69, 9.17) is 5.84 Å². The molecule has 1 saturated carbocycles. The van der Waals surface area contributed by atoms with Gasteiger partial charge in [0, 0.05) is 6.54 Å². The first kappa shape index (κ1) is 10.7. The highest BCUT2D eigenvalue weighted by atomic mass is 32.1. The summed E-state index contributed by atoms with van der Waals surface area (Å²) >= 11 is 1.59. The zero-order valence-corrected chi connectivity index (χ0v) is 10.4. The van der Waals surface area contributed by atoms with Crippen LogP contribution in [0.15, 0.2) is 11.4 Å². The summed E-state index contributed by atoms with van der Waals surface area (Å²) < 4.78 is 0. The van der Waals surface area contributed by atoms with Crippen molar-refractivity contribution >= 4 is 33.3 Å². The van der Waals surface area contributed by atoms with Gasteiger partial charge in [0.05, 0.1) is 5.39 Å². The molecule has 5 nitrogen and oxygen atoms in total. The molecule has 0 aromatic carbocycles. The van der Waals surface area contributed by atoms with Crippen molar-refractivity contribution < 1.29 is 0 Å². The van der Waals surface area contributed by atoms with Gasteiger partial charge in [-0.15, -0.1) is 11.3 Å². The van der Waals surface area contributed by atoms with Crippen LogP contribution < -0.4 is 16.6 Å². The molecule has 1 aliphatic rings. The van der Waals surface area contributed by atoms with Crippen LogP contribution in [0.5, 0.6) is 0 Å². The van der Waals surface area contributed by atoms with Crippen molar-refractivity contribution in [1.82, 2.24) is 9.97 Å². The summed E-state index contributed by atoms with van der Waals surface area (Å²) in [4.78, 5) is 9.63. The van der Waals surface area contributed by atoms with Crippen molar-refractivity contribution in [1.29, 1.82) is 0 Å². The Kier molecular flexibility index (Phi) is 2.60. The maximum absolute atomic E-state index is 5.37. The highest BCUT2D eigenvalue weighted by Crippen LogP contribution is 2.38. The molecule has 6 heteroatoms. The zero-order valence-electron chi connectivity index (χ0n) is 9.60. The summed E-state index contributed by atoms with van der Waals surface area (Å²) in [5, 5.41) is 6.49. The molecule has 1 aliphatic carbocycles. The van der Waals surface area contributed by atoms with Gasteiger partial charge in [0.15, 0.2) is 0 Å². The minimum atomic E-state index is 0.464. The van der Waals surface area contributed by atoms with Crippen molar-refractivity contribution in [3.63, 3.8) is 0 Å². The molecule has 1 fully saturated rings. The van der Waals surface area contributed by atoms with E-state index in [-0.39, 0.29) is 0 Å². The van der Waals surface area contributed by atoms with Crippen LogP contribution in [-0.4, -0.2) is 16.5 Å². The molecule has 4 N–H and O–H groups in total. The molecule has 3 rings (SSSR count). The molecular weight excluding hydrogens is 234 g/mol. The molecule has 2 atom stereocenters. The Morgan fingerprint density at radius 3 is 3.06 bits per heavy atom. The van der Waals surface area contributed by atoms with Crippen molar-refractivity contribution in [3.05, 3.63) is 11.4 Å². The van der Waals surface area contributed by atoms with Crippen molar-refractivity contribution in [2.45, 2.75) is 13.3 Å². The van der Waals surface area contributed by atoms with E-state index >= 15 is 0 Å². The van der Waals surface area contributed by atoms with Gasteiger partial charge < -0.3 is 5.32 Å². The fourth-order valence-corrected chi connectivity index (χ4v) is 2.73. The highest BCUT2D eigenvalue weighted by Gasteiger charge is 2.32. The third kappa shape index (κ3) is 2.05. The van der Waals surface area contributed by atoms with Crippen LogP contribution in [0.3, 0.4) is 0 Å². The number of thiophene rings is 1. The first-order valence-corrected chi connectivity index (χ1v) is 6.61. The zero-order chi connectivity index (χ0) is 11.8. The number of hydrogen-bond donors (Lipinski definition) is 3. The van der Waals surface area contributed by atoms with Crippen LogP contribution in [-0.2, 0) is 0 Å². The third-order valence-electron chi connectivity index (χ3n) is 3.26. The lowest BCUT2D eigenvalue weighted by molar-refractivity contribution is 0.785. The van der Waals surface area contributed by atoms with Gasteiger partial charge in [-0.3, -0.25) is 5.43 Å². The summed E-state index contributed by atoms with van der Waals surface area (Å²) in [6.07, 6.45) is 1.31. The van der Waals surface area contributed by atoms with Crippen molar-refractivity contribution in [2.75, 3.05) is 17.3 Å². The number of hydrogen-bond acceptors (Lipinski definition) is 6. The molecule has 0 aliphatic heterocycles. The molecule has 17 heavy (non-hydrogen) atoms. The molecule has 0 spiro atoms. The molecule has 2 heterocycles. The maximum atomic E-state index is 5.37. The van der Waals surface area contributed by atoms with E-state index in [0.717, 1.165) is 34.4 Å². The lowest BCUT2D eigenvalue weighted by atomic mass is 10.3. The van der Waals surface area contributed by atoms with E-state index in [0.29, 0.717) is 5.95 Å². The van der Waals surface area contributed by atoms with E-state index in [2.05, 4.69) is 27.6 Å². The molecule has 90 valence electrons. The molecule has 2 unspecified atom stereocenters. The molecule has 0 bridgehead atoms. The standard InChI is InChI=1S/C11H15N5S/c1-6-4-7(6)5-13-9-8-2-3-17-10(8)15-11(14-9)16-12/h2-3,6-7H,4-5,12H2,1H3,(H2,13,14,15,16). The monoisotopic (exact) mass is 249 g/mol. The van der Waals surface area contributed by atoms with Gasteiger partial charge in [0.1, 0.15) is 10.6 Å². The fraction of sp³-hybridized carbons (Fsp3) is 0.455. The summed E-state index contributed by atoms with van der Waals surface area (Å²) in [6.45, 7) is 3.26. The van der Waals surface area contributed by atoms with Gasteiger partial charge >= 0.3 is 0 Å². The minimum Gasteiger partial charge on any atom is -0.369 e. The van der Waals surface area contributed by atoms with E-state index < -0.39 is 0 Å². The Hall–Kier alpha value is -1.40. The molecule has 2 aromatic rings. The summed E-state index contributed by atoms with van der Waals surface area (Å²) in [5.74, 6) is 8.34. The topological polar surface area (TPSA) is 75.9 Å². The van der Waals surface area contributed by atoms with Gasteiger partial charge in [-0.05, 0) is 29.7 Å². The number of nitrogen functional groups attached to an aromatic ring is 1. The minimum absolute atomic E-state index is 0.464. The number of aromatic nitrogens is 2. The Balaban J connectivity index is 1.87. The average molecular weight is 249 g/mol. The maximum Gasteiger partial charge on any atom is 0.240 e. The third-order valence-corrected chi connectivity index (χ3v) is 4.07. The molecule has 0 amide bonds. The summed E-state index contributed by atoms with van der Waals surface area (Å²) in [6, 6.07) is 2.04. The largest absolute Gasteiger partial charge is 0.369 e. The number of hydrazine groups is 1. The molecule has 2 aromatic heterocycles. The SMILES string of the molecule is CC1CC1CNc1nc(NN)nc2sccc12. The number of nitrogens with one attached hydrogen (secondary N) is 2. The van der Waals surface area contributed by atoms with E-state index in [9.17, 15) is 0 Å². The van der Waals surface area contributed by atoms with Crippen LogP contribution in [0.25, 0.3) is 10.2 Å². The second-order valence-corrected chi connectivity index (χ2v) is 5.43. The van der Waals surface area contributed by atoms with Gasteiger partial charge in [0.25, 0.3) is 0 Å². The second-order valence-electron chi connectivity index (χ2n) is 4.53. The first-order valence-electron chi connectivity index (χ1n) is 5.73. The van der Waals surface area contributed by atoms with Crippen LogP contribution >= 0.6 is 11.3 Å². The lowest BCUT2D eigenvalue weighted by Gasteiger charge is -2.07. The van der Waals surface area contributed by atoms with Crippen LogP contribution in [0.2, 0.25) is 0 Å².